The normalized spacial score (nSPS) is 17.5. The lowest BCUT2D eigenvalue weighted by molar-refractivity contribution is -0.119. The van der Waals surface area contributed by atoms with Crippen LogP contribution in [0.25, 0.3) is 0 Å². The number of carbonyl (C=O) groups is 1. The van der Waals surface area contributed by atoms with Gasteiger partial charge in [0.1, 0.15) is 0 Å². The van der Waals surface area contributed by atoms with Gasteiger partial charge < -0.3 is 5.32 Å². The highest BCUT2D eigenvalue weighted by molar-refractivity contribution is 6.31. The van der Waals surface area contributed by atoms with Crippen molar-refractivity contribution in [2.75, 3.05) is 5.32 Å². The van der Waals surface area contributed by atoms with E-state index in [1.807, 2.05) is 0 Å². The Morgan fingerprint density at radius 1 is 1.47 bits per heavy atom. The van der Waals surface area contributed by atoms with Gasteiger partial charge in [0.15, 0.2) is 5.82 Å². The zero-order valence-corrected chi connectivity index (χ0v) is 9.50. The first kappa shape index (κ1) is 10.4. The Morgan fingerprint density at radius 2 is 2.07 bits per heavy atom. The fraction of sp³-hybridized carbons (Fsp3) is 0.364. The molecule has 0 aromatic heterocycles. The van der Waals surface area contributed by atoms with Crippen LogP contribution in [0.3, 0.4) is 0 Å². The Kier molecular flexibility index (Phi) is 2.05. The Labute approximate surface area is 92.4 Å². The van der Waals surface area contributed by atoms with Crippen LogP contribution in [-0.4, -0.2) is 5.91 Å². The summed E-state index contributed by atoms with van der Waals surface area (Å²) in [7, 11) is 0. The van der Waals surface area contributed by atoms with Gasteiger partial charge in [0.25, 0.3) is 0 Å². The van der Waals surface area contributed by atoms with Gasteiger partial charge in [0, 0.05) is 10.6 Å². The molecule has 0 radical (unpaired) electrons. The Bertz CT molecular complexity index is 468. The molecule has 1 aliphatic rings. The van der Waals surface area contributed by atoms with Crippen LogP contribution in [0.1, 0.15) is 25.0 Å². The second kappa shape index (κ2) is 2.95. The summed E-state index contributed by atoms with van der Waals surface area (Å²) in [6.07, 6.45) is 0. The maximum absolute atomic E-state index is 13.8. The molecule has 1 aromatic rings. The number of rotatable bonds is 0. The molecule has 1 aromatic carbocycles. The molecule has 0 aliphatic carbocycles. The zero-order chi connectivity index (χ0) is 11.4. The van der Waals surface area contributed by atoms with Crippen molar-refractivity contribution in [2.45, 2.75) is 26.2 Å². The maximum Gasteiger partial charge on any atom is 0.234 e. The quantitative estimate of drug-likeness (QED) is 0.725. The van der Waals surface area contributed by atoms with Crippen molar-refractivity contribution in [3.8, 4) is 0 Å². The number of hydrogen-bond donors (Lipinski definition) is 1. The average molecular weight is 228 g/mol. The van der Waals surface area contributed by atoms with Gasteiger partial charge in [-0.15, -0.1) is 0 Å². The fourth-order valence-electron chi connectivity index (χ4n) is 1.72. The number of nitrogens with one attached hydrogen (secondary N) is 1. The molecule has 0 saturated heterocycles. The number of amides is 1. The van der Waals surface area contributed by atoms with Crippen molar-refractivity contribution in [1.29, 1.82) is 0 Å². The third kappa shape index (κ3) is 1.26. The van der Waals surface area contributed by atoms with E-state index in [2.05, 4.69) is 5.32 Å². The molecule has 80 valence electrons. The van der Waals surface area contributed by atoms with Gasteiger partial charge in [-0.05, 0) is 32.4 Å². The monoisotopic (exact) mass is 227 g/mol. The second-order valence-electron chi connectivity index (χ2n) is 4.30. The van der Waals surface area contributed by atoms with Gasteiger partial charge in [-0.25, -0.2) is 4.39 Å². The molecule has 0 spiro atoms. The first-order valence-electron chi connectivity index (χ1n) is 4.66. The predicted octanol–water partition coefficient (Wildman–Crippen LogP) is 3.02. The molecular weight excluding hydrogens is 217 g/mol. The second-order valence-corrected chi connectivity index (χ2v) is 4.71. The Morgan fingerprint density at radius 3 is 2.67 bits per heavy atom. The molecule has 2 nitrogen and oxygen atoms in total. The minimum atomic E-state index is -0.715. The maximum atomic E-state index is 13.8. The lowest BCUT2D eigenvalue weighted by atomic mass is 9.86. The van der Waals surface area contributed by atoms with Crippen molar-refractivity contribution >= 4 is 23.2 Å². The van der Waals surface area contributed by atoms with Crippen molar-refractivity contribution in [3.05, 3.63) is 28.0 Å². The molecule has 4 heteroatoms. The minimum Gasteiger partial charge on any atom is -0.323 e. The highest BCUT2D eigenvalue weighted by atomic mass is 35.5. The van der Waals surface area contributed by atoms with Crippen LogP contribution in [-0.2, 0) is 10.2 Å². The van der Waals surface area contributed by atoms with Crippen molar-refractivity contribution in [2.24, 2.45) is 0 Å². The molecule has 2 rings (SSSR count). The van der Waals surface area contributed by atoms with Crippen LogP contribution < -0.4 is 5.32 Å². The highest BCUT2D eigenvalue weighted by Crippen LogP contribution is 2.41. The van der Waals surface area contributed by atoms with Crippen LogP contribution in [0.4, 0.5) is 10.1 Å². The third-order valence-electron chi connectivity index (χ3n) is 2.93. The van der Waals surface area contributed by atoms with Crippen molar-refractivity contribution in [3.63, 3.8) is 0 Å². The van der Waals surface area contributed by atoms with E-state index in [-0.39, 0.29) is 11.6 Å². The van der Waals surface area contributed by atoms with Gasteiger partial charge in [-0.3, -0.25) is 4.79 Å². The lowest BCUT2D eigenvalue weighted by Crippen LogP contribution is -2.26. The summed E-state index contributed by atoms with van der Waals surface area (Å²) in [6, 6.07) is 1.66. The number of benzene rings is 1. The summed E-state index contributed by atoms with van der Waals surface area (Å²) >= 11 is 5.89. The third-order valence-corrected chi connectivity index (χ3v) is 3.32. The number of anilines is 1. The number of carbonyl (C=O) groups excluding carboxylic acids is 1. The molecular formula is C11H11ClFNO. The van der Waals surface area contributed by atoms with E-state index >= 15 is 0 Å². The zero-order valence-electron chi connectivity index (χ0n) is 8.74. The minimum absolute atomic E-state index is 0.196. The van der Waals surface area contributed by atoms with Gasteiger partial charge in [0.2, 0.25) is 5.91 Å². The molecule has 1 amide bonds. The first-order valence-corrected chi connectivity index (χ1v) is 5.04. The lowest BCUT2D eigenvalue weighted by Gasteiger charge is -2.15. The topological polar surface area (TPSA) is 29.1 Å². The SMILES string of the molecule is Cc1c(Cl)cc2c(c1F)NC(=O)C2(C)C. The largest absolute Gasteiger partial charge is 0.323 e. The van der Waals surface area contributed by atoms with Gasteiger partial charge in [-0.2, -0.15) is 0 Å². The average Bonchev–Trinajstić information content (AvgIpc) is 2.38. The van der Waals surface area contributed by atoms with Gasteiger partial charge in [-0.1, -0.05) is 11.6 Å². The van der Waals surface area contributed by atoms with E-state index in [9.17, 15) is 9.18 Å². The summed E-state index contributed by atoms with van der Waals surface area (Å²) in [6.45, 7) is 5.09. The van der Waals surface area contributed by atoms with E-state index in [1.54, 1.807) is 26.8 Å². The van der Waals surface area contributed by atoms with Crippen LogP contribution in [0.15, 0.2) is 6.07 Å². The van der Waals surface area contributed by atoms with Gasteiger partial charge in [0.05, 0.1) is 11.1 Å². The molecule has 1 N–H and O–H groups in total. The Balaban J connectivity index is 2.76. The van der Waals surface area contributed by atoms with Crippen LogP contribution >= 0.6 is 11.6 Å². The van der Waals surface area contributed by atoms with Crippen molar-refractivity contribution in [1.82, 2.24) is 0 Å². The van der Waals surface area contributed by atoms with Gasteiger partial charge >= 0.3 is 0 Å². The molecule has 0 atom stereocenters. The van der Waals surface area contributed by atoms with E-state index < -0.39 is 11.2 Å². The van der Waals surface area contributed by atoms with E-state index in [0.29, 0.717) is 16.1 Å². The molecule has 0 saturated carbocycles. The van der Waals surface area contributed by atoms with Crippen molar-refractivity contribution < 1.29 is 9.18 Å². The summed E-state index contributed by atoms with van der Waals surface area (Å²) in [5, 5.41) is 2.91. The molecule has 0 unspecified atom stereocenters. The fourth-order valence-corrected chi connectivity index (χ4v) is 1.92. The molecule has 0 bridgehead atoms. The summed E-state index contributed by atoms with van der Waals surface area (Å²) < 4.78 is 13.8. The van der Waals surface area contributed by atoms with Crippen LogP contribution in [0, 0.1) is 12.7 Å². The Hall–Kier alpha value is -1.09. The molecule has 0 fully saturated rings. The predicted molar refractivity (Wildman–Crippen MR) is 57.8 cm³/mol. The number of hydrogen-bond acceptors (Lipinski definition) is 1. The number of fused-ring (bicyclic) bond motifs is 1. The smallest absolute Gasteiger partial charge is 0.234 e. The summed E-state index contributed by atoms with van der Waals surface area (Å²) in [5.41, 5.74) is 0.550. The summed E-state index contributed by atoms with van der Waals surface area (Å²) in [5.74, 6) is -0.630. The summed E-state index contributed by atoms with van der Waals surface area (Å²) in [4.78, 5) is 11.6. The molecule has 1 aliphatic heterocycles. The standard InChI is InChI=1S/C11H11ClFNO/c1-5-7(12)4-6-9(8(5)13)14-10(15)11(6,2)3/h4H,1-3H3,(H,14,15). The van der Waals surface area contributed by atoms with Crippen LogP contribution in [0.5, 0.6) is 0 Å². The molecule has 1 heterocycles. The first-order chi connectivity index (χ1) is 6.85. The van der Waals surface area contributed by atoms with E-state index in [0.717, 1.165) is 0 Å². The van der Waals surface area contributed by atoms with E-state index in [1.165, 1.54) is 0 Å². The van der Waals surface area contributed by atoms with E-state index in [4.69, 9.17) is 11.6 Å². The molecule has 15 heavy (non-hydrogen) atoms. The number of halogens is 2. The highest BCUT2D eigenvalue weighted by Gasteiger charge is 2.40. The van der Waals surface area contributed by atoms with Crippen LogP contribution in [0.2, 0.25) is 5.02 Å².